The van der Waals surface area contributed by atoms with Crippen molar-refractivity contribution in [1.29, 1.82) is 0 Å². The van der Waals surface area contributed by atoms with Gasteiger partial charge in [0.25, 0.3) is 0 Å². The summed E-state index contributed by atoms with van der Waals surface area (Å²) >= 11 is 0. The van der Waals surface area contributed by atoms with Crippen molar-refractivity contribution in [3.63, 3.8) is 0 Å². The van der Waals surface area contributed by atoms with Crippen molar-refractivity contribution in [3.05, 3.63) is 138 Å². The summed E-state index contributed by atoms with van der Waals surface area (Å²) in [6, 6.07) is 39.5. The summed E-state index contributed by atoms with van der Waals surface area (Å²) in [5, 5.41) is 0. The minimum atomic E-state index is -1.41. The number of unbranched alkanes of at least 4 members (excludes halogenated alkanes) is 1. The Morgan fingerprint density at radius 2 is 1.10 bits per heavy atom. The summed E-state index contributed by atoms with van der Waals surface area (Å²) in [7, 11) is -1.41. The number of hydrogen-bond donors (Lipinski definition) is 0. The lowest BCUT2D eigenvalue weighted by molar-refractivity contribution is -0.134. The molecule has 0 aliphatic carbocycles. The van der Waals surface area contributed by atoms with Gasteiger partial charge in [0.05, 0.1) is 5.41 Å². The van der Waals surface area contributed by atoms with Crippen molar-refractivity contribution in [2.75, 3.05) is 0 Å². The van der Waals surface area contributed by atoms with Gasteiger partial charge < -0.3 is 4.74 Å². The zero-order valence-electron chi connectivity index (χ0n) is 23.9. The normalized spacial score (nSPS) is 10.6. The summed E-state index contributed by atoms with van der Waals surface area (Å²) in [6.07, 6.45) is 1.49. The fraction of sp³-hybridized carbons (Fsp3) is 0.184. The van der Waals surface area contributed by atoms with Gasteiger partial charge in [-0.2, -0.15) is 0 Å². The second kappa shape index (κ2) is 14.0. The van der Waals surface area contributed by atoms with Gasteiger partial charge in [0.2, 0.25) is 0 Å². The third-order valence-corrected chi connectivity index (χ3v) is 7.41. The molecule has 0 saturated carbocycles. The SMILES string of the molecule is C[Si](C)(C)C#CC#CC#CCCCC(=O)Oc1ccc(C(c2ccccc2)(c2ccccc2)c2ccccc2)cc1. The maximum absolute atomic E-state index is 12.5. The summed E-state index contributed by atoms with van der Waals surface area (Å²) in [5.74, 6) is 14.5. The fourth-order valence-electron chi connectivity index (χ4n) is 4.73. The molecule has 0 spiro atoms. The number of carbonyl (C=O) groups excluding carboxylic acids is 1. The largest absolute Gasteiger partial charge is 0.427 e. The van der Waals surface area contributed by atoms with Crippen LogP contribution in [0.25, 0.3) is 0 Å². The van der Waals surface area contributed by atoms with E-state index in [1.807, 2.05) is 30.3 Å². The van der Waals surface area contributed by atoms with Crippen LogP contribution in [-0.4, -0.2) is 14.0 Å². The molecule has 0 aliphatic rings. The minimum Gasteiger partial charge on any atom is -0.427 e. The van der Waals surface area contributed by atoms with E-state index in [2.05, 4.69) is 140 Å². The molecule has 0 atom stereocenters. The number of benzene rings is 4. The Labute approximate surface area is 245 Å². The summed E-state index contributed by atoms with van der Waals surface area (Å²) < 4.78 is 5.66. The van der Waals surface area contributed by atoms with E-state index in [0.717, 1.165) is 22.3 Å². The first-order valence-electron chi connectivity index (χ1n) is 13.9. The lowest BCUT2D eigenvalue weighted by Crippen LogP contribution is -2.30. The number of ether oxygens (including phenoxy) is 1. The van der Waals surface area contributed by atoms with E-state index in [9.17, 15) is 4.79 Å². The van der Waals surface area contributed by atoms with E-state index in [1.54, 1.807) is 0 Å². The molecular formula is C38H34O2Si. The first-order valence-corrected chi connectivity index (χ1v) is 17.4. The van der Waals surface area contributed by atoms with Crippen LogP contribution in [-0.2, 0) is 10.2 Å². The molecule has 0 radical (unpaired) electrons. The molecule has 0 heterocycles. The lowest BCUT2D eigenvalue weighted by atomic mass is 9.65. The number of esters is 1. The van der Waals surface area contributed by atoms with Gasteiger partial charge in [0.1, 0.15) is 13.8 Å². The van der Waals surface area contributed by atoms with Gasteiger partial charge in [-0.3, -0.25) is 4.79 Å². The smallest absolute Gasteiger partial charge is 0.311 e. The van der Waals surface area contributed by atoms with E-state index in [0.29, 0.717) is 25.0 Å². The van der Waals surface area contributed by atoms with Crippen LogP contribution < -0.4 is 4.74 Å². The van der Waals surface area contributed by atoms with Crippen molar-refractivity contribution in [3.8, 4) is 40.9 Å². The number of carbonyl (C=O) groups is 1. The molecule has 0 saturated heterocycles. The molecule has 4 rings (SSSR count). The highest BCUT2D eigenvalue weighted by Gasteiger charge is 2.38. The minimum absolute atomic E-state index is 0.271. The lowest BCUT2D eigenvalue weighted by Gasteiger charge is -2.36. The van der Waals surface area contributed by atoms with Gasteiger partial charge in [-0.05, 0) is 64.5 Å². The molecule has 202 valence electrons. The molecule has 3 heteroatoms. The molecule has 0 amide bonds. The standard InChI is InChI=1S/C38H34O2Si/c1-41(2,3)31-19-8-6-4-5-7-18-26-37(39)40-36-29-27-35(28-30-36)38(32-20-12-9-13-21-32,33-22-14-10-15-23-33)34-24-16-11-17-25-34/h9-17,20-25,27-30H,7,18,26H2,1-3H3. The highest BCUT2D eigenvalue weighted by Crippen LogP contribution is 2.45. The van der Waals surface area contributed by atoms with Crippen molar-refractivity contribution in [2.45, 2.75) is 44.3 Å². The quantitative estimate of drug-likeness (QED) is 0.0554. The Hall–Kier alpha value is -4.75. The summed E-state index contributed by atoms with van der Waals surface area (Å²) in [4.78, 5) is 12.5. The van der Waals surface area contributed by atoms with Crippen LogP contribution >= 0.6 is 0 Å². The molecular weight excluding hydrogens is 517 g/mol. The van der Waals surface area contributed by atoms with Gasteiger partial charge in [-0.15, -0.1) is 5.54 Å². The molecule has 0 bridgehead atoms. The van der Waals surface area contributed by atoms with Crippen molar-refractivity contribution in [1.82, 2.24) is 0 Å². The predicted molar refractivity (Wildman–Crippen MR) is 171 cm³/mol. The van der Waals surface area contributed by atoms with E-state index < -0.39 is 13.5 Å². The highest BCUT2D eigenvalue weighted by molar-refractivity contribution is 6.83. The molecule has 0 fully saturated rings. The van der Waals surface area contributed by atoms with Crippen LogP contribution in [0.4, 0.5) is 0 Å². The average molecular weight is 551 g/mol. The number of rotatable bonds is 8. The molecule has 41 heavy (non-hydrogen) atoms. The van der Waals surface area contributed by atoms with Crippen LogP contribution in [0.1, 0.15) is 41.5 Å². The monoisotopic (exact) mass is 550 g/mol. The van der Waals surface area contributed by atoms with E-state index >= 15 is 0 Å². The number of hydrogen-bond acceptors (Lipinski definition) is 2. The Morgan fingerprint density at radius 1 is 0.634 bits per heavy atom. The van der Waals surface area contributed by atoms with Gasteiger partial charge >= 0.3 is 5.97 Å². The maximum Gasteiger partial charge on any atom is 0.311 e. The molecule has 4 aromatic rings. The molecule has 0 N–H and O–H groups in total. The van der Waals surface area contributed by atoms with Gasteiger partial charge in [-0.1, -0.05) is 129 Å². The Morgan fingerprint density at radius 3 is 1.59 bits per heavy atom. The second-order valence-electron chi connectivity index (χ2n) is 10.8. The zero-order valence-corrected chi connectivity index (χ0v) is 24.9. The van der Waals surface area contributed by atoms with Crippen LogP contribution in [0.5, 0.6) is 5.75 Å². The Balaban J connectivity index is 1.50. The second-order valence-corrected chi connectivity index (χ2v) is 15.5. The molecule has 0 unspecified atom stereocenters. The first-order chi connectivity index (χ1) is 19.9. The van der Waals surface area contributed by atoms with Crippen LogP contribution in [0.2, 0.25) is 19.6 Å². The molecule has 4 aromatic carbocycles. The third kappa shape index (κ3) is 7.90. The van der Waals surface area contributed by atoms with Gasteiger partial charge in [-0.25, -0.2) is 0 Å². The Bertz CT molecular complexity index is 1520. The molecule has 0 aromatic heterocycles. The third-order valence-electron chi connectivity index (χ3n) is 6.54. The fourth-order valence-corrected chi connectivity index (χ4v) is 5.17. The predicted octanol–water partition coefficient (Wildman–Crippen LogP) is 8.03. The van der Waals surface area contributed by atoms with E-state index in [4.69, 9.17) is 4.74 Å². The van der Waals surface area contributed by atoms with Crippen LogP contribution in [0.3, 0.4) is 0 Å². The van der Waals surface area contributed by atoms with E-state index in [-0.39, 0.29) is 5.97 Å². The van der Waals surface area contributed by atoms with Crippen molar-refractivity contribution in [2.24, 2.45) is 0 Å². The first kappa shape index (κ1) is 29.2. The Kier molecular flexibility index (Phi) is 10.0. The van der Waals surface area contributed by atoms with Crippen molar-refractivity contribution < 1.29 is 9.53 Å². The highest BCUT2D eigenvalue weighted by atomic mass is 28.3. The summed E-state index contributed by atoms with van der Waals surface area (Å²) in [6.45, 7) is 6.52. The topological polar surface area (TPSA) is 26.3 Å². The van der Waals surface area contributed by atoms with Gasteiger partial charge in [0.15, 0.2) is 0 Å². The molecule has 0 aliphatic heterocycles. The van der Waals surface area contributed by atoms with Gasteiger partial charge in [0, 0.05) is 12.8 Å². The maximum atomic E-state index is 12.5. The van der Waals surface area contributed by atoms with Crippen molar-refractivity contribution >= 4 is 14.0 Å². The van der Waals surface area contributed by atoms with Crippen LogP contribution in [0, 0.1) is 35.1 Å². The van der Waals surface area contributed by atoms with Crippen LogP contribution in [0.15, 0.2) is 115 Å². The zero-order chi connectivity index (χ0) is 29.0. The van der Waals surface area contributed by atoms with E-state index in [1.165, 1.54) is 0 Å². The average Bonchev–Trinajstić information content (AvgIpc) is 2.99. The molecule has 2 nitrogen and oxygen atoms in total. The summed E-state index contributed by atoms with van der Waals surface area (Å²) in [5.41, 5.74) is 7.23.